The fourth-order valence-corrected chi connectivity index (χ4v) is 4.19. The molecule has 0 spiro atoms. The summed E-state index contributed by atoms with van der Waals surface area (Å²) in [7, 11) is 0. The van der Waals surface area contributed by atoms with E-state index in [2.05, 4.69) is 28.2 Å². The van der Waals surface area contributed by atoms with Crippen LogP contribution in [0.15, 0.2) is 22.7 Å². The molecule has 0 bridgehead atoms. The van der Waals surface area contributed by atoms with Crippen LogP contribution < -0.4 is 5.32 Å². The lowest BCUT2D eigenvalue weighted by Crippen LogP contribution is -2.26. The van der Waals surface area contributed by atoms with Crippen LogP contribution in [0.3, 0.4) is 0 Å². The Kier molecular flexibility index (Phi) is 5.86. The van der Waals surface area contributed by atoms with Gasteiger partial charge in [-0.2, -0.15) is 11.8 Å². The maximum absolute atomic E-state index is 11.0. The summed E-state index contributed by atoms with van der Waals surface area (Å²) in [6.07, 6.45) is 3.58. The summed E-state index contributed by atoms with van der Waals surface area (Å²) in [6, 6.07) is 5.59. The van der Waals surface area contributed by atoms with Crippen molar-refractivity contribution in [1.82, 2.24) is 5.32 Å². The third kappa shape index (κ3) is 4.20. The van der Waals surface area contributed by atoms with Crippen LogP contribution in [0.25, 0.3) is 0 Å². The highest BCUT2D eigenvalue weighted by Gasteiger charge is 2.24. The first-order valence-corrected chi connectivity index (χ1v) is 8.72. The van der Waals surface area contributed by atoms with Gasteiger partial charge in [-0.1, -0.05) is 22.9 Å². The Morgan fingerprint density at radius 2 is 2.30 bits per heavy atom. The summed E-state index contributed by atoms with van der Waals surface area (Å²) < 4.78 is 0.880. The van der Waals surface area contributed by atoms with E-state index in [-0.39, 0.29) is 10.6 Å². The molecule has 2 atom stereocenters. The molecule has 2 rings (SSSR count). The van der Waals surface area contributed by atoms with Crippen LogP contribution in [0, 0.1) is 10.1 Å². The van der Waals surface area contributed by atoms with Gasteiger partial charge in [0, 0.05) is 33.9 Å². The molecule has 1 aromatic carbocycles. The fraction of sp³-hybridized carbons (Fsp3) is 0.571. The Labute approximate surface area is 132 Å². The van der Waals surface area contributed by atoms with Crippen molar-refractivity contribution in [2.24, 2.45) is 0 Å². The summed E-state index contributed by atoms with van der Waals surface area (Å²) >= 11 is 5.39. The molecule has 1 fully saturated rings. The van der Waals surface area contributed by atoms with E-state index in [4.69, 9.17) is 0 Å². The van der Waals surface area contributed by atoms with Crippen LogP contribution in [0.5, 0.6) is 0 Å². The van der Waals surface area contributed by atoms with Gasteiger partial charge in [0.05, 0.1) is 4.92 Å². The van der Waals surface area contributed by atoms with Crippen molar-refractivity contribution in [1.29, 1.82) is 0 Å². The number of hydrogen-bond donors (Lipinski definition) is 1. The van der Waals surface area contributed by atoms with Crippen molar-refractivity contribution in [3.8, 4) is 0 Å². The lowest BCUT2D eigenvalue weighted by Gasteiger charge is -2.13. The second kappa shape index (κ2) is 7.43. The molecule has 1 aliphatic carbocycles. The smallest absolute Gasteiger partial charge is 0.273 e. The van der Waals surface area contributed by atoms with Crippen molar-refractivity contribution < 1.29 is 4.92 Å². The Hall–Kier alpha value is -0.590. The van der Waals surface area contributed by atoms with Crippen molar-refractivity contribution in [2.75, 3.05) is 5.75 Å². The highest BCUT2D eigenvalue weighted by molar-refractivity contribution is 9.10. The normalized spacial score (nSPS) is 22.1. The van der Waals surface area contributed by atoms with Crippen LogP contribution in [-0.2, 0) is 6.54 Å². The van der Waals surface area contributed by atoms with Gasteiger partial charge in [-0.15, -0.1) is 0 Å². The van der Waals surface area contributed by atoms with Gasteiger partial charge < -0.3 is 5.32 Å². The summed E-state index contributed by atoms with van der Waals surface area (Å²) in [5.74, 6) is 1.16. The van der Waals surface area contributed by atoms with E-state index < -0.39 is 0 Å². The maximum Gasteiger partial charge on any atom is 0.273 e. The van der Waals surface area contributed by atoms with Crippen molar-refractivity contribution in [2.45, 2.75) is 44.0 Å². The average molecular weight is 359 g/mol. The summed E-state index contributed by atoms with van der Waals surface area (Å²) in [5.41, 5.74) is 0.939. The molecule has 0 amide bonds. The average Bonchev–Trinajstić information content (AvgIpc) is 2.84. The highest BCUT2D eigenvalue weighted by atomic mass is 79.9. The van der Waals surface area contributed by atoms with Gasteiger partial charge in [0.15, 0.2) is 0 Å². The second-order valence-electron chi connectivity index (χ2n) is 5.00. The zero-order valence-electron chi connectivity index (χ0n) is 11.5. The number of nitrogens with one attached hydrogen (secondary N) is 1. The molecular formula is C14H19BrN2O2S. The molecule has 2 unspecified atom stereocenters. The van der Waals surface area contributed by atoms with Gasteiger partial charge in [-0.05, 0) is 37.1 Å². The standard InChI is InChI=1S/C14H19BrN2O2S/c1-2-20-13-5-4-12(8-13)16-9-10-7-11(15)3-6-14(10)17(18)19/h3,6-7,12-13,16H,2,4-5,8-9H2,1H3. The molecule has 0 aromatic heterocycles. The van der Waals surface area contributed by atoms with Crippen LogP contribution in [0.4, 0.5) is 5.69 Å². The van der Waals surface area contributed by atoms with Crippen LogP contribution in [0.1, 0.15) is 31.7 Å². The number of hydrogen-bond acceptors (Lipinski definition) is 4. The Morgan fingerprint density at radius 3 is 3.00 bits per heavy atom. The first-order valence-electron chi connectivity index (χ1n) is 6.88. The van der Waals surface area contributed by atoms with Gasteiger partial charge in [-0.3, -0.25) is 10.1 Å². The quantitative estimate of drug-likeness (QED) is 0.613. The third-order valence-electron chi connectivity index (χ3n) is 3.61. The van der Waals surface area contributed by atoms with Crippen molar-refractivity contribution in [3.05, 3.63) is 38.3 Å². The molecule has 0 radical (unpaired) electrons. The molecule has 1 saturated carbocycles. The van der Waals surface area contributed by atoms with Crippen molar-refractivity contribution >= 4 is 33.4 Å². The van der Waals surface area contributed by atoms with E-state index in [1.165, 1.54) is 19.3 Å². The van der Waals surface area contributed by atoms with E-state index in [9.17, 15) is 10.1 Å². The van der Waals surface area contributed by atoms with E-state index in [1.807, 2.05) is 17.8 Å². The summed E-state index contributed by atoms with van der Waals surface area (Å²) in [5, 5.41) is 15.2. The highest BCUT2D eigenvalue weighted by Crippen LogP contribution is 2.30. The number of benzene rings is 1. The molecule has 0 saturated heterocycles. The van der Waals surface area contributed by atoms with E-state index in [0.717, 1.165) is 21.0 Å². The van der Waals surface area contributed by atoms with Crippen LogP contribution in [-0.4, -0.2) is 22.0 Å². The predicted molar refractivity (Wildman–Crippen MR) is 87.2 cm³/mol. The van der Waals surface area contributed by atoms with Gasteiger partial charge >= 0.3 is 0 Å². The topological polar surface area (TPSA) is 55.2 Å². The minimum absolute atomic E-state index is 0.193. The summed E-state index contributed by atoms with van der Waals surface area (Å²) in [4.78, 5) is 10.7. The van der Waals surface area contributed by atoms with Crippen LogP contribution >= 0.6 is 27.7 Å². The van der Waals surface area contributed by atoms with Crippen molar-refractivity contribution in [3.63, 3.8) is 0 Å². The number of nitro groups is 1. The minimum Gasteiger partial charge on any atom is -0.310 e. The zero-order valence-corrected chi connectivity index (χ0v) is 13.9. The molecule has 0 heterocycles. The van der Waals surface area contributed by atoms with Gasteiger partial charge in [0.2, 0.25) is 0 Å². The Balaban J connectivity index is 1.94. The first kappa shape index (κ1) is 15.8. The maximum atomic E-state index is 11.0. The number of nitrogens with zero attached hydrogens (tertiary/aromatic N) is 1. The first-order chi connectivity index (χ1) is 9.60. The molecule has 4 nitrogen and oxygen atoms in total. The molecule has 1 aromatic rings. The predicted octanol–water partition coefficient (Wildman–Crippen LogP) is 4.12. The number of thioether (sulfide) groups is 1. The van der Waals surface area contributed by atoms with Gasteiger partial charge in [0.1, 0.15) is 0 Å². The van der Waals surface area contributed by atoms with E-state index in [1.54, 1.807) is 12.1 Å². The Morgan fingerprint density at radius 1 is 1.50 bits per heavy atom. The Bertz CT molecular complexity index is 484. The number of nitro benzene ring substituents is 1. The molecule has 20 heavy (non-hydrogen) atoms. The summed E-state index contributed by atoms with van der Waals surface area (Å²) in [6.45, 7) is 2.75. The molecule has 6 heteroatoms. The van der Waals surface area contributed by atoms with E-state index in [0.29, 0.717) is 12.6 Å². The molecule has 1 aliphatic rings. The van der Waals surface area contributed by atoms with Gasteiger partial charge in [-0.25, -0.2) is 0 Å². The lowest BCUT2D eigenvalue weighted by molar-refractivity contribution is -0.385. The molecule has 1 N–H and O–H groups in total. The molecule has 110 valence electrons. The lowest BCUT2D eigenvalue weighted by atomic mass is 10.1. The SMILES string of the molecule is CCSC1CCC(NCc2cc(Br)ccc2[N+](=O)[O-])C1. The fourth-order valence-electron chi connectivity index (χ4n) is 2.64. The van der Waals surface area contributed by atoms with Gasteiger partial charge in [0.25, 0.3) is 5.69 Å². The van der Waals surface area contributed by atoms with E-state index >= 15 is 0 Å². The third-order valence-corrected chi connectivity index (χ3v) is 5.33. The minimum atomic E-state index is -0.312. The molecule has 0 aliphatic heterocycles. The monoisotopic (exact) mass is 358 g/mol. The second-order valence-corrected chi connectivity index (χ2v) is 7.49. The van der Waals surface area contributed by atoms with Crippen LogP contribution in [0.2, 0.25) is 0 Å². The largest absolute Gasteiger partial charge is 0.310 e. The molecular weight excluding hydrogens is 340 g/mol. The zero-order chi connectivity index (χ0) is 14.5. The number of rotatable bonds is 6. The number of halogens is 1.